The zero-order valence-corrected chi connectivity index (χ0v) is 25.8. The van der Waals surface area contributed by atoms with Crippen molar-refractivity contribution in [3.63, 3.8) is 0 Å². The van der Waals surface area contributed by atoms with Gasteiger partial charge in [0.05, 0.1) is 6.10 Å². The molecule has 4 aliphatic carbocycles. The van der Waals surface area contributed by atoms with Gasteiger partial charge in [0, 0.05) is 6.42 Å². The van der Waals surface area contributed by atoms with Gasteiger partial charge >= 0.3 is 5.97 Å². The molecule has 0 bridgehead atoms. The van der Waals surface area contributed by atoms with E-state index in [0.717, 1.165) is 12.8 Å². The minimum atomic E-state index is -0.659. The molecule has 0 spiro atoms. The molecule has 0 saturated heterocycles. The van der Waals surface area contributed by atoms with Crippen molar-refractivity contribution in [2.75, 3.05) is 0 Å². The van der Waals surface area contributed by atoms with E-state index in [1.807, 2.05) is 0 Å². The van der Waals surface area contributed by atoms with E-state index >= 15 is 0 Å². The predicted molar refractivity (Wildman–Crippen MR) is 158 cm³/mol. The van der Waals surface area contributed by atoms with Crippen molar-refractivity contribution in [2.24, 2.45) is 51.8 Å². The van der Waals surface area contributed by atoms with Crippen LogP contribution in [-0.2, 0) is 4.79 Å². The third-order valence-corrected chi connectivity index (χ3v) is 13.3. The zero-order chi connectivity index (χ0) is 27.6. The van der Waals surface area contributed by atoms with Crippen molar-refractivity contribution in [3.8, 4) is 0 Å². The highest BCUT2D eigenvalue weighted by molar-refractivity contribution is 5.66. The number of aliphatic hydroxyl groups excluding tert-OH is 1. The lowest BCUT2D eigenvalue weighted by Gasteiger charge is -2.64. The summed E-state index contributed by atoms with van der Waals surface area (Å²) in [6, 6.07) is 0. The molecule has 10 atom stereocenters. The van der Waals surface area contributed by atoms with Crippen molar-refractivity contribution in [3.05, 3.63) is 0 Å². The van der Waals surface area contributed by atoms with Gasteiger partial charge in [-0.15, -0.1) is 0 Å². The summed E-state index contributed by atoms with van der Waals surface area (Å²) in [6.45, 7) is 12.3. The fourth-order valence-corrected chi connectivity index (χ4v) is 10.9. The maximum absolute atomic E-state index is 11.7. The summed E-state index contributed by atoms with van der Waals surface area (Å²) in [6.07, 6.45) is 23.7. The number of carboxylic acid groups (broad SMARTS) is 1. The lowest BCUT2D eigenvalue weighted by Crippen LogP contribution is -2.59. The van der Waals surface area contributed by atoms with Crippen LogP contribution >= 0.6 is 0 Å². The van der Waals surface area contributed by atoms with Gasteiger partial charge in [0.2, 0.25) is 0 Å². The second-order valence-electron chi connectivity index (χ2n) is 15.7. The van der Waals surface area contributed by atoms with Crippen LogP contribution in [0.1, 0.15) is 157 Å². The Labute approximate surface area is 235 Å². The van der Waals surface area contributed by atoms with Gasteiger partial charge in [0.25, 0.3) is 0 Å². The van der Waals surface area contributed by atoms with Gasteiger partial charge in [-0.05, 0) is 116 Å². The predicted octanol–water partition coefficient (Wildman–Crippen LogP) is 9.65. The first-order valence-corrected chi connectivity index (χ1v) is 16.9. The van der Waals surface area contributed by atoms with Crippen molar-refractivity contribution in [1.82, 2.24) is 0 Å². The van der Waals surface area contributed by atoms with Crippen LogP contribution in [0.5, 0.6) is 0 Å². The maximum Gasteiger partial charge on any atom is 0.303 e. The molecule has 3 nitrogen and oxygen atoms in total. The Kier molecular flexibility index (Phi) is 10.0. The van der Waals surface area contributed by atoms with E-state index in [9.17, 15) is 15.0 Å². The minimum Gasteiger partial charge on any atom is -0.481 e. The highest BCUT2D eigenvalue weighted by Gasteiger charge is 2.63. The molecule has 38 heavy (non-hydrogen) atoms. The zero-order valence-electron chi connectivity index (χ0n) is 25.8. The monoisotopic (exact) mass is 530 g/mol. The van der Waals surface area contributed by atoms with E-state index in [4.69, 9.17) is 0 Å². The average molecular weight is 531 g/mol. The van der Waals surface area contributed by atoms with Crippen LogP contribution in [0, 0.1) is 51.8 Å². The molecular formula is C35H62O3. The van der Waals surface area contributed by atoms with Gasteiger partial charge in [-0.25, -0.2) is 0 Å². The first-order valence-electron chi connectivity index (χ1n) is 16.9. The van der Waals surface area contributed by atoms with Gasteiger partial charge in [0.15, 0.2) is 0 Å². The third-order valence-electron chi connectivity index (χ3n) is 13.3. The second-order valence-corrected chi connectivity index (χ2v) is 15.7. The van der Waals surface area contributed by atoms with E-state index < -0.39 is 5.97 Å². The molecule has 0 radical (unpaired) electrons. The normalized spacial score (nSPS) is 43.2. The summed E-state index contributed by atoms with van der Waals surface area (Å²) < 4.78 is 0. The number of aliphatic carboxylic acids is 1. The number of fused-ring (bicyclic) bond motifs is 5. The minimum absolute atomic E-state index is 0.138. The smallest absolute Gasteiger partial charge is 0.303 e. The number of rotatable bonds is 13. The molecule has 0 aliphatic heterocycles. The standard InChI is InChI=1S/C35H62O3/c1-6-7-8-9-10-11-12-13-19-33(3)21-22-34(4)26(24-33)23-30(36)32-28-16-15-27(25(2)14-17-31(37)38)35(28,5)20-18-29(32)34/h25-30,32,36H,6-24H2,1-5H3,(H,37,38)/t25?,26-,27+,28?,29?,30+,32?,33?,34-,35+/m0/s1. The van der Waals surface area contributed by atoms with E-state index in [2.05, 4.69) is 34.6 Å². The number of hydrogen-bond donors (Lipinski definition) is 2. The van der Waals surface area contributed by atoms with E-state index in [1.165, 1.54) is 103 Å². The molecule has 3 heteroatoms. The first-order chi connectivity index (χ1) is 18.0. The highest BCUT2D eigenvalue weighted by atomic mass is 16.4. The molecule has 2 N–H and O–H groups in total. The molecule has 0 heterocycles. The summed E-state index contributed by atoms with van der Waals surface area (Å²) in [5, 5.41) is 21.0. The van der Waals surface area contributed by atoms with Crippen LogP contribution in [0.25, 0.3) is 0 Å². The molecule has 4 fully saturated rings. The summed E-state index contributed by atoms with van der Waals surface area (Å²) in [4.78, 5) is 11.2. The lowest BCUT2D eigenvalue weighted by atomic mass is 9.42. The van der Waals surface area contributed by atoms with Crippen LogP contribution < -0.4 is 0 Å². The van der Waals surface area contributed by atoms with E-state index in [0.29, 0.717) is 52.8 Å². The van der Waals surface area contributed by atoms with Crippen molar-refractivity contribution in [2.45, 2.75) is 163 Å². The Morgan fingerprint density at radius 3 is 2.21 bits per heavy atom. The third kappa shape index (κ3) is 6.18. The summed E-state index contributed by atoms with van der Waals surface area (Å²) >= 11 is 0. The highest BCUT2D eigenvalue weighted by Crippen LogP contribution is 2.69. The van der Waals surface area contributed by atoms with Crippen molar-refractivity contribution in [1.29, 1.82) is 0 Å². The Morgan fingerprint density at radius 2 is 1.53 bits per heavy atom. The topological polar surface area (TPSA) is 57.5 Å². The maximum atomic E-state index is 11.7. The number of carboxylic acids is 1. The first kappa shape index (κ1) is 30.4. The Morgan fingerprint density at radius 1 is 0.868 bits per heavy atom. The van der Waals surface area contributed by atoms with Gasteiger partial charge in [-0.2, -0.15) is 0 Å². The number of aliphatic hydroxyl groups is 1. The summed E-state index contributed by atoms with van der Waals surface area (Å²) in [5.74, 6) is 2.87. The summed E-state index contributed by atoms with van der Waals surface area (Å²) in [7, 11) is 0. The van der Waals surface area contributed by atoms with E-state index in [-0.39, 0.29) is 11.5 Å². The lowest BCUT2D eigenvalue weighted by molar-refractivity contribution is -0.177. The van der Waals surface area contributed by atoms with Crippen LogP contribution in [0.2, 0.25) is 0 Å². The number of carbonyl (C=O) groups is 1. The van der Waals surface area contributed by atoms with Crippen molar-refractivity contribution >= 4 is 5.97 Å². The van der Waals surface area contributed by atoms with Gasteiger partial charge in [0.1, 0.15) is 0 Å². The average Bonchev–Trinajstić information content (AvgIpc) is 3.22. The molecule has 4 aliphatic rings. The number of unbranched alkanes of at least 4 members (excludes halogenated alkanes) is 7. The van der Waals surface area contributed by atoms with Crippen LogP contribution in [0.3, 0.4) is 0 Å². The molecule has 0 aromatic rings. The number of hydrogen-bond acceptors (Lipinski definition) is 2. The van der Waals surface area contributed by atoms with E-state index in [1.54, 1.807) is 0 Å². The molecule has 4 saturated carbocycles. The molecule has 0 amide bonds. The quantitative estimate of drug-likeness (QED) is 0.233. The molecule has 220 valence electrons. The Balaban J connectivity index is 1.35. The fourth-order valence-electron chi connectivity index (χ4n) is 10.9. The largest absolute Gasteiger partial charge is 0.481 e. The van der Waals surface area contributed by atoms with Crippen LogP contribution in [0.15, 0.2) is 0 Å². The fraction of sp³-hybridized carbons (Fsp3) is 0.971. The van der Waals surface area contributed by atoms with Crippen LogP contribution in [0.4, 0.5) is 0 Å². The second kappa shape index (κ2) is 12.5. The SMILES string of the molecule is CCCCCCCCCCC1(C)CC[C@]2(C)C3CC[C@@]4(C)C(CC[C@@H]4C(C)CCC(=O)O)C3[C@H](O)C[C@H]2C1. The van der Waals surface area contributed by atoms with Gasteiger partial charge in [-0.1, -0.05) is 86.0 Å². The molecule has 4 rings (SSSR count). The molecule has 5 unspecified atom stereocenters. The van der Waals surface area contributed by atoms with Crippen LogP contribution in [-0.4, -0.2) is 22.3 Å². The molecular weight excluding hydrogens is 468 g/mol. The Hall–Kier alpha value is -0.570. The van der Waals surface area contributed by atoms with Gasteiger partial charge < -0.3 is 10.2 Å². The summed E-state index contributed by atoms with van der Waals surface area (Å²) in [5.41, 5.74) is 1.15. The van der Waals surface area contributed by atoms with Gasteiger partial charge in [-0.3, -0.25) is 4.79 Å². The molecule has 0 aromatic heterocycles. The molecule has 0 aromatic carbocycles. The van der Waals surface area contributed by atoms with Crippen molar-refractivity contribution < 1.29 is 15.0 Å². The Bertz CT molecular complexity index is 779.